The molecule has 5 nitrogen and oxygen atoms in total. The molecule has 0 saturated carbocycles. The summed E-state index contributed by atoms with van der Waals surface area (Å²) in [5, 5.41) is 9.73. The normalized spacial score (nSPS) is 11.9. The van der Waals surface area contributed by atoms with E-state index < -0.39 is 0 Å². The van der Waals surface area contributed by atoms with Gasteiger partial charge < -0.3 is 4.57 Å². The van der Waals surface area contributed by atoms with Gasteiger partial charge in [0.15, 0.2) is 0 Å². The average Bonchev–Trinajstić information content (AvgIpc) is 4.02. The van der Waals surface area contributed by atoms with Crippen molar-refractivity contribution in [3.63, 3.8) is 0 Å². The van der Waals surface area contributed by atoms with Gasteiger partial charge in [0.1, 0.15) is 0 Å². The largest absolute Gasteiger partial charge is 0.309 e. The van der Waals surface area contributed by atoms with Crippen LogP contribution in [0.25, 0.3) is 120 Å². The molecule has 0 aliphatic carbocycles. The van der Waals surface area contributed by atoms with Gasteiger partial charge in [0.25, 0.3) is 0 Å². The van der Waals surface area contributed by atoms with Crippen LogP contribution in [0.3, 0.4) is 0 Å². The van der Waals surface area contributed by atoms with Gasteiger partial charge in [-0.1, -0.05) is 133 Å². The Morgan fingerprint density at radius 2 is 1.07 bits per heavy atom. The topological polar surface area (TPSA) is 48.5 Å². The van der Waals surface area contributed by atoms with Crippen molar-refractivity contribution < 1.29 is 0 Å². The maximum absolute atomic E-state index is 5.46. The Morgan fingerprint density at radius 1 is 0.426 bits per heavy atom. The summed E-state index contributed by atoms with van der Waals surface area (Å²) in [5.74, 6) is 0.645. The van der Waals surface area contributed by atoms with Crippen LogP contribution in [-0.2, 0) is 0 Å². The summed E-state index contributed by atoms with van der Waals surface area (Å²) in [4.78, 5) is 16.3. The van der Waals surface area contributed by atoms with Crippen molar-refractivity contribution in [1.82, 2.24) is 24.1 Å². The lowest BCUT2D eigenvalue weighted by atomic mass is 9.97. The minimum atomic E-state index is 0.645. The average molecular weight is 796 g/mol. The van der Waals surface area contributed by atoms with Gasteiger partial charge in [-0.25, -0.2) is 9.97 Å². The van der Waals surface area contributed by atoms with Gasteiger partial charge in [-0.05, 0) is 87.3 Å². The molecule has 0 unspecified atom stereocenters. The van der Waals surface area contributed by atoms with Crippen molar-refractivity contribution in [3.05, 3.63) is 200 Å². The summed E-state index contributed by atoms with van der Waals surface area (Å²) < 4.78 is 5.78. The van der Waals surface area contributed by atoms with Crippen molar-refractivity contribution in [1.29, 1.82) is 0 Å². The maximum Gasteiger partial charge on any atom is 0.235 e. The van der Waals surface area contributed by atoms with E-state index in [1.807, 2.05) is 12.4 Å². The van der Waals surface area contributed by atoms with Crippen LogP contribution in [0.2, 0.25) is 0 Å². The Hall–Kier alpha value is -7.93. The zero-order valence-electron chi connectivity index (χ0n) is 32.7. The summed E-state index contributed by atoms with van der Waals surface area (Å²) in [5.41, 5.74) is 12.0. The van der Waals surface area contributed by atoms with E-state index in [1.54, 1.807) is 11.3 Å². The lowest BCUT2D eigenvalue weighted by Crippen LogP contribution is -2.02. The molecule has 0 aliphatic rings. The Bertz CT molecular complexity index is 3860. The van der Waals surface area contributed by atoms with Crippen molar-refractivity contribution in [2.24, 2.45) is 0 Å². The summed E-state index contributed by atoms with van der Waals surface area (Å²) in [7, 11) is 0. The molecule has 13 rings (SSSR count). The number of para-hydroxylation sites is 2. The standard InChI is InChI=1S/C55H33N5S/c1-3-14-37(15-4-1)52-54-45(33-49(61-54)36-28-30-56-31-29-36)57-55(58-52)60-46-25-24-38(32-44(46)51-41-19-10-8-13-35(41)23-27-48(51)60)42-20-11-21-43-50-40-18-9-7-12-34(40)22-26-47(50)59(53(42)43)39-16-5-2-6-17-39/h1-33H. The summed E-state index contributed by atoms with van der Waals surface area (Å²) in [6.45, 7) is 0. The third-order valence-corrected chi connectivity index (χ3v) is 13.4. The van der Waals surface area contributed by atoms with E-state index in [2.05, 4.69) is 202 Å². The molecule has 0 saturated heterocycles. The SMILES string of the molecule is c1ccc(-c2nc(-n3c4ccc(-c5cccc6c7c8ccccc8ccc7n(-c7ccccc7)c56)cc4c4c5ccccc5ccc43)nc3cc(-c4ccncc4)sc23)cc1. The van der Waals surface area contributed by atoms with Crippen LogP contribution >= 0.6 is 11.3 Å². The van der Waals surface area contributed by atoms with E-state index in [1.165, 1.54) is 54.3 Å². The number of rotatable bonds is 5. The molecule has 0 fully saturated rings. The molecule has 6 heteroatoms. The molecule has 0 radical (unpaired) electrons. The first-order valence-electron chi connectivity index (χ1n) is 20.5. The molecule has 0 aliphatic heterocycles. The maximum atomic E-state index is 5.46. The number of aromatic nitrogens is 5. The van der Waals surface area contributed by atoms with Crippen LogP contribution in [0, 0.1) is 0 Å². The van der Waals surface area contributed by atoms with Gasteiger partial charge >= 0.3 is 0 Å². The highest BCUT2D eigenvalue weighted by Gasteiger charge is 2.23. The number of fused-ring (bicyclic) bond motifs is 11. The number of nitrogens with zero attached hydrogens (tertiary/aromatic N) is 5. The summed E-state index contributed by atoms with van der Waals surface area (Å²) >= 11 is 1.72. The zero-order chi connectivity index (χ0) is 40.0. The fourth-order valence-corrected chi connectivity index (χ4v) is 10.7. The molecule has 61 heavy (non-hydrogen) atoms. The monoisotopic (exact) mass is 795 g/mol. The molecule has 284 valence electrons. The second kappa shape index (κ2) is 13.3. The quantitative estimate of drug-likeness (QED) is 0.174. The van der Waals surface area contributed by atoms with Crippen molar-refractivity contribution >= 4 is 86.7 Å². The second-order valence-electron chi connectivity index (χ2n) is 15.6. The van der Waals surface area contributed by atoms with Crippen molar-refractivity contribution in [2.75, 3.05) is 0 Å². The fourth-order valence-electron chi connectivity index (χ4n) is 9.56. The van der Waals surface area contributed by atoms with Gasteiger partial charge in [0.2, 0.25) is 5.95 Å². The molecule has 0 atom stereocenters. The zero-order valence-corrected chi connectivity index (χ0v) is 33.5. The van der Waals surface area contributed by atoms with E-state index in [0.29, 0.717) is 5.95 Å². The molecule has 0 spiro atoms. The van der Waals surface area contributed by atoms with Crippen LogP contribution in [0.15, 0.2) is 200 Å². The van der Waals surface area contributed by atoms with E-state index in [-0.39, 0.29) is 0 Å². The lowest BCUT2D eigenvalue weighted by molar-refractivity contribution is 1.02. The fraction of sp³-hybridized carbons (Fsp3) is 0. The second-order valence-corrected chi connectivity index (χ2v) is 16.7. The van der Waals surface area contributed by atoms with Gasteiger partial charge in [-0.3, -0.25) is 9.55 Å². The van der Waals surface area contributed by atoms with Crippen LogP contribution in [0.1, 0.15) is 0 Å². The first kappa shape index (κ1) is 34.0. The van der Waals surface area contributed by atoms with Crippen LogP contribution < -0.4 is 0 Å². The van der Waals surface area contributed by atoms with Crippen LogP contribution in [0.5, 0.6) is 0 Å². The third-order valence-electron chi connectivity index (χ3n) is 12.2. The number of pyridine rings is 1. The molecule has 0 amide bonds. The minimum absolute atomic E-state index is 0.645. The van der Waals surface area contributed by atoms with Crippen molar-refractivity contribution in [2.45, 2.75) is 0 Å². The first-order valence-corrected chi connectivity index (χ1v) is 21.3. The molecular weight excluding hydrogens is 763 g/mol. The Morgan fingerprint density at radius 3 is 1.82 bits per heavy atom. The number of hydrogen-bond donors (Lipinski definition) is 0. The molecular formula is C55H33N5S. The third kappa shape index (κ3) is 5.16. The highest BCUT2D eigenvalue weighted by molar-refractivity contribution is 7.22. The predicted molar refractivity (Wildman–Crippen MR) is 255 cm³/mol. The molecule has 5 heterocycles. The Kier molecular flexibility index (Phi) is 7.41. The van der Waals surface area contributed by atoms with Crippen LogP contribution in [0.4, 0.5) is 0 Å². The van der Waals surface area contributed by atoms with E-state index in [4.69, 9.17) is 9.97 Å². The smallest absolute Gasteiger partial charge is 0.235 e. The molecule has 0 N–H and O–H groups in total. The highest BCUT2D eigenvalue weighted by Crippen LogP contribution is 2.45. The van der Waals surface area contributed by atoms with E-state index in [0.717, 1.165) is 59.6 Å². The van der Waals surface area contributed by atoms with Crippen molar-refractivity contribution in [3.8, 4) is 44.5 Å². The Balaban J connectivity index is 1.11. The van der Waals surface area contributed by atoms with Crippen LogP contribution in [-0.4, -0.2) is 24.1 Å². The minimum Gasteiger partial charge on any atom is -0.309 e. The number of thiophene rings is 1. The number of hydrogen-bond acceptors (Lipinski definition) is 4. The summed E-state index contributed by atoms with van der Waals surface area (Å²) in [6.07, 6.45) is 3.69. The van der Waals surface area contributed by atoms with Gasteiger partial charge in [-0.2, -0.15) is 0 Å². The predicted octanol–water partition coefficient (Wildman–Crippen LogP) is 14.6. The molecule has 8 aromatic carbocycles. The molecule has 13 aromatic rings. The highest BCUT2D eigenvalue weighted by atomic mass is 32.1. The van der Waals surface area contributed by atoms with Gasteiger partial charge in [-0.15, -0.1) is 11.3 Å². The summed E-state index contributed by atoms with van der Waals surface area (Å²) in [6, 6.07) is 67.7. The van der Waals surface area contributed by atoms with E-state index in [9.17, 15) is 0 Å². The van der Waals surface area contributed by atoms with Gasteiger partial charge in [0.05, 0.1) is 38.0 Å². The van der Waals surface area contributed by atoms with E-state index >= 15 is 0 Å². The lowest BCUT2D eigenvalue weighted by Gasteiger charge is -2.12. The first-order chi connectivity index (χ1) is 30.3. The van der Waals surface area contributed by atoms with Gasteiger partial charge in [0, 0.05) is 55.6 Å². The number of benzene rings is 8. The molecule has 0 bridgehead atoms. The Labute approximate surface area is 354 Å². The molecule has 5 aromatic heterocycles.